The van der Waals surface area contributed by atoms with Crippen LogP contribution < -0.4 is 0 Å². The van der Waals surface area contributed by atoms with Crippen LogP contribution in [0.3, 0.4) is 0 Å². The van der Waals surface area contributed by atoms with E-state index in [0.29, 0.717) is 58.9 Å². The number of fused-ring (bicyclic) bond motifs is 10. The van der Waals surface area contributed by atoms with Gasteiger partial charge in [-0.1, -0.05) is 41.5 Å². The quantitative estimate of drug-likeness (QED) is 0.196. The Morgan fingerprint density at radius 2 is 0.907 bits per heavy atom. The molecule has 8 heteroatoms. The Morgan fingerprint density at radius 3 is 1.30 bits per heavy atom. The molecule has 0 aliphatic heterocycles. The molecule has 8 fully saturated rings. The lowest BCUT2D eigenvalue weighted by molar-refractivity contribution is -0.248. The van der Waals surface area contributed by atoms with Crippen molar-refractivity contribution in [1.29, 1.82) is 0 Å². The summed E-state index contributed by atoms with van der Waals surface area (Å²) < 4.78 is 11.0. The van der Waals surface area contributed by atoms with Crippen molar-refractivity contribution in [2.45, 2.75) is 170 Å². The minimum absolute atomic E-state index is 0.000362. The maximum atomic E-state index is 13.6. The van der Waals surface area contributed by atoms with E-state index >= 15 is 0 Å². The fraction of sp³-hybridized carbons (Fsp3) is 0.913. The van der Waals surface area contributed by atoms with Gasteiger partial charge in [-0.15, -0.1) is 0 Å². The number of ether oxygens (including phenoxy) is 2. The molecular formula is C46H70O8. The lowest BCUT2D eigenvalue weighted by Gasteiger charge is -2.60. The smallest absolute Gasteiger partial charge is 0.311 e. The topological polar surface area (TPSA) is 127 Å². The van der Waals surface area contributed by atoms with E-state index < -0.39 is 36.4 Å². The van der Waals surface area contributed by atoms with E-state index in [1.54, 1.807) is 0 Å². The van der Waals surface area contributed by atoms with Crippen molar-refractivity contribution in [2.24, 2.45) is 92.7 Å². The van der Waals surface area contributed by atoms with Crippen LogP contribution in [-0.4, -0.2) is 46.3 Å². The first-order valence-electron chi connectivity index (χ1n) is 22.3. The van der Waals surface area contributed by atoms with Gasteiger partial charge in [0.2, 0.25) is 0 Å². The molecule has 0 spiro atoms. The summed E-state index contributed by atoms with van der Waals surface area (Å²) in [6.45, 7) is 13.5. The largest absolute Gasteiger partial charge is 0.429 e. The standard InChI is InChI=1S/C46H70O8/c1-25(33-11-13-35-31-9-7-27-23-29(47)15-19-43(27,3)37(31)17-21-45(33,35)5)39(49)53-41(51)42(52)54-40(50)26(2)34-12-14-36-32-10-8-28-24-30(48)16-20-44(28,4)38(32)18-22-46(34,36)6/h25-28,31-38,41-42,51-52H,7-24H2,1-6H3/t25-,26-,27-,28-,31-,32-,33+,34+,35-,36-,37-,38-,41-,42-,43-,44-,45+,46+/m0/s1. The zero-order valence-corrected chi connectivity index (χ0v) is 34.2. The highest BCUT2D eigenvalue weighted by molar-refractivity contribution is 5.80. The second-order valence-electron chi connectivity index (χ2n) is 21.5. The van der Waals surface area contributed by atoms with Crippen molar-refractivity contribution < 1.29 is 38.9 Å². The normalized spacial score (nSPS) is 49.1. The van der Waals surface area contributed by atoms with Gasteiger partial charge in [0.15, 0.2) is 0 Å². The van der Waals surface area contributed by atoms with Crippen LogP contribution in [-0.2, 0) is 28.7 Å². The number of aliphatic hydroxyl groups is 2. The summed E-state index contributed by atoms with van der Waals surface area (Å²) in [5.74, 6) is 3.72. The van der Waals surface area contributed by atoms with Gasteiger partial charge in [0.05, 0.1) is 11.8 Å². The zero-order chi connectivity index (χ0) is 38.5. The second kappa shape index (κ2) is 13.9. The number of carbonyl (C=O) groups is 4. The van der Waals surface area contributed by atoms with Gasteiger partial charge in [0.1, 0.15) is 11.6 Å². The summed E-state index contributed by atoms with van der Waals surface area (Å²) in [4.78, 5) is 51.9. The van der Waals surface area contributed by atoms with Gasteiger partial charge in [-0.2, -0.15) is 0 Å². The Balaban J connectivity index is 0.854. The van der Waals surface area contributed by atoms with Crippen molar-refractivity contribution in [3.63, 3.8) is 0 Å². The molecular weight excluding hydrogens is 680 g/mol. The number of ketones is 2. The fourth-order valence-electron chi connectivity index (χ4n) is 16.7. The highest BCUT2D eigenvalue weighted by atomic mass is 16.7. The average Bonchev–Trinajstić information content (AvgIpc) is 3.68. The van der Waals surface area contributed by atoms with Crippen molar-refractivity contribution in [3.05, 3.63) is 0 Å². The minimum atomic E-state index is -1.94. The molecule has 0 aromatic rings. The van der Waals surface area contributed by atoms with Gasteiger partial charge in [0.25, 0.3) is 12.6 Å². The summed E-state index contributed by atoms with van der Waals surface area (Å²) in [5.41, 5.74) is 0.477. The molecule has 8 aliphatic rings. The van der Waals surface area contributed by atoms with E-state index in [4.69, 9.17) is 9.47 Å². The monoisotopic (exact) mass is 751 g/mol. The lowest BCUT2D eigenvalue weighted by Crippen LogP contribution is -2.54. The van der Waals surface area contributed by atoms with Crippen LogP contribution in [0.25, 0.3) is 0 Å². The molecule has 0 heterocycles. The van der Waals surface area contributed by atoms with Gasteiger partial charge in [-0.3, -0.25) is 19.2 Å². The Morgan fingerprint density at radius 1 is 0.537 bits per heavy atom. The van der Waals surface area contributed by atoms with E-state index in [1.807, 2.05) is 13.8 Å². The Hall–Kier alpha value is -1.80. The van der Waals surface area contributed by atoms with Gasteiger partial charge in [0, 0.05) is 25.7 Å². The molecule has 8 rings (SSSR count). The summed E-state index contributed by atoms with van der Waals surface area (Å²) in [6, 6.07) is 0. The summed E-state index contributed by atoms with van der Waals surface area (Å²) in [7, 11) is 0. The molecule has 0 aromatic heterocycles. The third-order valence-electron chi connectivity index (χ3n) is 19.8. The minimum Gasteiger partial charge on any atom is -0.429 e. The number of hydrogen-bond acceptors (Lipinski definition) is 8. The molecule has 0 unspecified atom stereocenters. The molecule has 2 N–H and O–H groups in total. The van der Waals surface area contributed by atoms with E-state index in [2.05, 4.69) is 27.7 Å². The number of Topliss-reactive ketones (excluding diaryl/α,β-unsaturated/α-hetero) is 2. The van der Waals surface area contributed by atoms with E-state index in [9.17, 15) is 29.4 Å². The first kappa shape index (κ1) is 39.0. The van der Waals surface area contributed by atoms with Crippen molar-refractivity contribution >= 4 is 23.5 Å². The predicted octanol–water partition coefficient (Wildman–Crippen LogP) is 8.44. The van der Waals surface area contributed by atoms with Crippen LogP contribution >= 0.6 is 0 Å². The van der Waals surface area contributed by atoms with E-state index in [0.717, 1.165) is 103 Å². The molecule has 0 saturated heterocycles. The molecule has 8 nitrogen and oxygen atoms in total. The molecule has 0 bridgehead atoms. The van der Waals surface area contributed by atoms with Gasteiger partial charge in [-0.05, 0) is 171 Å². The molecule has 0 aromatic carbocycles. The molecule has 8 aliphatic carbocycles. The van der Waals surface area contributed by atoms with Crippen LogP contribution in [0, 0.1) is 92.7 Å². The third kappa shape index (κ3) is 6.01. The second-order valence-corrected chi connectivity index (χ2v) is 21.5. The maximum absolute atomic E-state index is 13.6. The predicted molar refractivity (Wildman–Crippen MR) is 203 cm³/mol. The Kier molecular flexibility index (Phi) is 10.1. The average molecular weight is 751 g/mol. The number of carbonyl (C=O) groups excluding carboxylic acids is 4. The molecule has 18 atom stereocenters. The molecule has 0 radical (unpaired) electrons. The Labute approximate surface area is 324 Å². The SMILES string of the molecule is C[C@H](C(=O)O[C@H](O)[C@@H](O)OC(=O)[C@@H](C)[C@H]1CC[C@H]2[C@@H]3CC[C@H]4CC(=O)CC[C@]4(C)[C@H]3CC[C@]12C)[C@H]1CC[C@H]2[C@@H]3CC[C@H]4CC(=O)CC[C@]4(C)[C@H]3CC[C@]12C. The summed E-state index contributed by atoms with van der Waals surface area (Å²) >= 11 is 0. The zero-order valence-electron chi connectivity index (χ0n) is 34.2. The fourth-order valence-corrected chi connectivity index (χ4v) is 16.7. The maximum Gasteiger partial charge on any atom is 0.311 e. The van der Waals surface area contributed by atoms with Crippen molar-refractivity contribution in [1.82, 2.24) is 0 Å². The molecule has 54 heavy (non-hydrogen) atoms. The molecule has 0 amide bonds. The Bertz CT molecular complexity index is 1400. The molecule has 8 saturated carbocycles. The number of esters is 2. The van der Waals surface area contributed by atoms with Crippen LogP contribution in [0.1, 0.15) is 157 Å². The highest BCUT2D eigenvalue weighted by Crippen LogP contribution is 2.70. The number of rotatable bonds is 7. The van der Waals surface area contributed by atoms with Gasteiger partial charge < -0.3 is 19.7 Å². The van der Waals surface area contributed by atoms with Gasteiger partial charge >= 0.3 is 11.9 Å². The highest BCUT2D eigenvalue weighted by Gasteiger charge is 2.63. The first-order valence-corrected chi connectivity index (χ1v) is 22.3. The van der Waals surface area contributed by atoms with Gasteiger partial charge in [-0.25, -0.2) is 0 Å². The number of hydrogen-bond donors (Lipinski definition) is 2. The van der Waals surface area contributed by atoms with Crippen LogP contribution in [0.15, 0.2) is 0 Å². The summed E-state index contributed by atoms with van der Waals surface area (Å²) in [6.07, 6.45) is 14.1. The van der Waals surface area contributed by atoms with Crippen LogP contribution in [0.5, 0.6) is 0 Å². The summed E-state index contributed by atoms with van der Waals surface area (Å²) in [5, 5.41) is 21.7. The van der Waals surface area contributed by atoms with E-state index in [-0.39, 0.29) is 33.5 Å². The van der Waals surface area contributed by atoms with Crippen LogP contribution in [0.4, 0.5) is 0 Å². The lowest BCUT2D eigenvalue weighted by atomic mass is 9.44. The third-order valence-corrected chi connectivity index (χ3v) is 19.8. The van der Waals surface area contributed by atoms with Crippen molar-refractivity contribution in [3.8, 4) is 0 Å². The molecule has 302 valence electrons. The van der Waals surface area contributed by atoms with Crippen LogP contribution in [0.2, 0.25) is 0 Å². The van der Waals surface area contributed by atoms with Crippen molar-refractivity contribution in [2.75, 3.05) is 0 Å². The van der Waals surface area contributed by atoms with E-state index in [1.165, 1.54) is 12.8 Å². The number of aliphatic hydroxyl groups excluding tert-OH is 2. The first-order chi connectivity index (χ1) is 25.5.